The summed E-state index contributed by atoms with van der Waals surface area (Å²) in [5.74, 6) is 0.260. The molecule has 2 atom stereocenters. The number of rotatable bonds is 7. The van der Waals surface area contributed by atoms with Crippen LogP contribution in [0.4, 0.5) is 0 Å². The van der Waals surface area contributed by atoms with Crippen molar-refractivity contribution >= 4 is 27.5 Å². The molecule has 1 N–H and O–H groups in total. The van der Waals surface area contributed by atoms with Gasteiger partial charge in [0.25, 0.3) is 0 Å². The second kappa shape index (κ2) is 10.3. The van der Waals surface area contributed by atoms with E-state index in [-0.39, 0.29) is 35.8 Å². The lowest BCUT2D eigenvalue weighted by molar-refractivity contribution is -0.127. The molecule has 0 aromatic heterocycles. The van der Waals surface area contributed by atoms with Gasteiger partial charge in [0, 0.05) is 30.1 Å². The van der Waals surface area contributed by atoms with E-state index in [1.807, 2.05) is 24.3 Å². The zero-order valence-corrected chi connectivity index (χ0v) is 21.4. The number of hydrogen-bond donors (Lipinski definition) is 1. The lowest BCUT2D eigenvalue weighted by Gasteiger charge is -2.42. The highest BCUT2D eigenvalue weighted by Gasteiger charge is 2.40. The van der Waals surface area contributed by atoms with Crippen molar-refractivity contribution in [1.29, 1.82) is 0 Å². The third-order valence-electron chi connectivity index (χ3n) is 7.21. The minimum atomic E-state index is -3.53. The number of nitrogens with one attached hydrogen (secondary N) is 1. The maximum absolute atomic E-state index is 13.3. The molecule has 0 bridgehead atoms. The topological polar surface area (TPSA) is 75.7 Å². The summed E-state index contributed by atoms with van der Waals surface area (Å²) in [5, 5.41) is 3.81. The first-order valence-electron chi connectivity index (χ1n) is 12.1. The van der Waals surface area contributed by atoms with Crippen molar-refractivity contribution in [3.05, 3.63) is 64.7 Å². The Morgan fingerprint density at radius 3 is 2.56 bits per heavy atom. The summed E-state index contributed by atoms with van der Waals surface area (Å²) < 4.78 is 34.0. The molecule has 0 radical (unpaired) electrons. The van der Waals surface area contributed by atoms with Gasteiger partial charge in [-0.15, -0.1) is 0 Å². The number of ether oxygens (including phenoxy) is 1. The number of hydrogen-bond acceptors (Lipinski definition) is 4. The Bertz CT molecular complexity index is 1120. The fraction of sp³-hybridized carbons (Fsp3) is 0.500. The van der Waals surface area contributed by atoms with Crippen LogP contribution >= 0.6 is 11.6 Å². The van der Waals surface area contributed by atoms with Gasteiger partial charge in [-0.2, -0.15) is 0 Å². The van der Waals surface area contributed by atoms with Crippen LogP contribution in [-0.2, 0) is 20.6 Å². The number of para-hydroxylation sites is 1. The number of halogens is 1. The fourth-order valence-corrected chi connectivity index (χ4v) is 6.75. The van der Waals surface area contributed by atoms with Crippen molar-refractivity contribution in [2.75, 3.05) is 13.1 Å². The van der Waals surface area contributed by atoms with E-state index in [1.165, 1.54) is 4.31 Å². The second-order valence-corrected chi connectivity index (χ2v) is 11.8. The molecule has 2 aromatic carbocycles. The SMILES string of the molecule is CCC1(CC)C[C@H](NC(=O)[C@H]2CCCN(S(=O)(=O)Cc3ccc(Cl)cc3)C2)c2ccccc2O1. The smallest absolute Gasteiger partial charge is 0.224 e. The predicted molar refractivity (Wildman–Crippen MR) is 134 cm³/mol. The minimum absolute atomic E-state index is 0.0887. The first kappa shape index (κ1) is 25.0. The average molecular weight is 505 g/mol. The van der Waals surface area contributed by atoms with Gasteiger partial charge in [-0.3, -0.25) is 4.79 Å². The molecule has 2 aliphatic heterocycles. The van der Waals surface area contributed by atoms with Crippen LogP contribution in [0.2, 0.25) is 5.02 Å². The van der Waals surface area contributed by atoms with Crippen LogP contribution < -0.4 is 10.1 Å². The number of piperidine rings is 1. The molecule has 2 heterocycles. The zero-order chi connectivity index (χ0) is 24.3. The number of carbonyl (C=O) groups excluding carboxylic acids is 1. The quantitative estimate of drug-likeness (QED) is 0.570. The Balaban J connectivity index is 1.46. The molecule has 0 unspecified atom stereocenters. The first-order chi connectivity index (χ1) is 16.2. The molecule has 0 spiro atoms. The van der Waals surface area contributed by atoms with Crippen LogP contribution in [0, 0.1) is 5.92 Å². The Hall–Kier alpha value is -2.09. The lowest BCUT2D eigenvalue weighted by atomic mass is 9.83. The van der Waals surface area contributed by atoms with Crippen LogP contribution in [0.1, 0.15) is 63.1 Å². The van der Waals surface area contributed by atoms with Gasteiger partial charge in [0.2, 0.25) is 15.9 Å². The summed E-state index contributed by atoms with van der Waals surface area (Å²) in [4.78, 5) is 13.3. The molecule has 1 saturated heterocycles. The second-order valence-electron chi connectivity index (χ2n) is 9.38. The van der Waals surface area contributed by atoms with Gasteiger partial charge in [-0.25, -0.2) is 12.7 Å². The summed E-state index contributed by atoms with van der Waals surface area (Å²) >= 11 is 5.92. The van der Waals surface area contributed by atoms with E-state index in [1.54, 1.807) is 24.3 Å². The highest BCUT2D eigenvalue weighted by atomic mass is 35.5. The summed E-state index contributed by atoms with van der Waals surface area (Å²) in [7, 11) is -3.53. The van der Waals surface area contributed by atoms with Gasteiger partial charge in [0.15, 0.2) is 0 Å². The van der Waals surface area contributed by atoms with E-state index < -0.39 is 10.0 Å². The standard InChI is InChI=1S/C26H33ClN2O4S/c1-3-26(4-2)16-23(22-9-5-6-10-24(22)33-26)28-25(30)20-8-7-15-29(17-20)34(31,32)18-19-11-13-21(27)14-12-19/h5-6,9-14,20,23H,3-4,7-8,15-18H2,1-2H3,(H,28,30)/t20-,23-/m0/s1. The number of nitrogens with zero attached hydrogens (tertiary/aromatic N) is 1. The van der Waals surface area contributed by atoms with E-state index in [4.69, 9.17) is 16.3 Å². The van der Waals surface area contributed by atoms with E-state index in [0.29, 0.717) is 36.4 Å². The van der Waals surface area contributed by atoms with Crippen LogP contribution in [-0.4, -0.2) is 37.3 Å². The molecular weight excluding hydrogens is 472 g/mol. The van der Waals surface area contributed by atoms with Crippen LogP contribution in [0.25, 0.3) is 0 Å². The molecule has 2 aromatic rings. The van der Waals surface area contributed by atoms with E-state index in [9.17, 15) is 13.2 Å². The number of fused-ring (bicyclic) bond motifs is 1. The fourth-order valence-electron chi connectivity index (χ4n) is 5.01. The molecule has 2 aliphatic rings. The number of benzene rings is 2. The predicted octanol–water partition coefficient (Wildman–Crippen LogP) is 5.08. The minimum Gasteiger partial charge on any atom is -0.487 e. The molecule has 8 heteroatoms. The summed E-state index contributed by atoms with van der Waals surface area (Å²) in [6.45, 7) is 4.87. The van der Waals surface area contributed by atoms with Gasteiger partial charge in [0.05, 0.1) is 17.7 Å². The number of amides is 1. The third kappa shape index (κ3) is 5.42. The van der Waals surface area contributed by atoms with Gasteiger partial charge in [-0.05, 0) is 49.4 Å². The highest BCUT2D eigenvalue weighted by Crippen LogP contribution is 2.42. The lowest BCUT2D eigenvalue weighted by Crippen LogP contribution is -2.49. The Morgan fingerprint density at radius 2 is 1.85 bits per heavy atom. The van der Waals surface area contributed by atoms with Crippen molar-refractivity contribution in [1.82, 2.24) is 9.62 Å². The molecule has 0 aliphatic carbocycles. The molecular formula is C26H33ClN2O4S. The van der Waals surface area contributed by atoms with Crippen molar-refractivity contribution < 1.29 is 17.9 Å². The summed E-state index contributed by atoms with van der Waals surface area (Å²) in [6.07, 6.45) is 3.75. The van der Waals surface area contributed by atoms with E-state index >= 15 is 0 Å². The highest BCUT2D eigenvalue weighted by molar-refractivity contribution is 7.88. The molecule has 0 saturated carbocycles. The van der Waals surface area contributed by atoms with Crippen molar-refractivity contribution in [3.8, 4) is 5.75 Å². The van der Waals surface area contributed by atoms with E-state index in [0.717, 1.165) is 24.2 Å². The molecule has 6 nitrogen and oxygen atoms in total. The monoisotopic (exact) mass is 504 g/mol. The zero-order valence-electron chi connectivity index (χ0n) is 19.8. The van der Waals surface area contributed by atoms with E-state index in [2.05, 4.69) is 19.2 Å². The average Bonchev–Trinajstić information content (AvgIpc) is 2.85. The Morgan fingerprint density at radius 1 is 1.15 bits per heavy atom. The molecule has 34 heavy (non-hydrogen) atoms. The van der Waals surface area contributed by atoms with Crippen molar-refractivity contribution in [2.24, 2.45) is 5.92 Å². The Labute approximate surface area is 207 Å². The maximum atomic E-state index is 13.3. The molecule has 1 fully saturated rings. The Kier molecular flexibility index (Phi) is 7.55. The normalized spacial score (nSPS) is 22.4. The van der Waals surface area contributed by atoms with Crippen molar-refractivity contribution in [2.45, 2.75) is 63.3 Å². The van der Waals surface area contributed by atoms with Crippen LogP contribution in [0.3, 0.4) is 0 Å². The molecule has 1 amide bonds. The first-order valence-corrected chi connectivity index (χ1v) is 14.0. The maximum Gasteiger partial charge on any atom is 0.224 e. The van der Waals surface area contributed by atoms with Crippen molar-refractivity contribution in [3.63, 3.8) is 0 Å². The number of carbonyl (C=O) groups is 1. The van der Waals surface area contributed by atoms with Gasteiger partial charge in [0.1, 0.15) is 11.4 Å². The summed E-state index contributed by atoms with van der Waals surface area (Å²) in [5.41, 5.74) is 1.36. The third-order valence-corrected chi connectivity index (χ3v) is 9.28. The summed E-state index contributed by atoms with van der Waals surface area (Å²) in [6, 6.07) is 14.5. The van der Waals surface area contributed by atoms with Crippen LogP contribution in [0.5, 0.6) is 5.75 Å². The number of sulfonamides is 1. The largest absolute Gasteiger partial charge is 0.487 e. The molecule has 184 valence electrons. The van der Waals surface area contributed by atoms with Crippen LogP contribution in [0.15, 0.2) is 48.5 Å². The van der Waals surface area contributed by atoms with Gasteiger partial charge in [-0.1, -0.05) is 55.8 Å². The van der Waals surface area contributed by atoms with Gasteiger partial charge >= 0.3 is 0 Å². The van der Waals surface area contributed by atoms with Gasteiger partial charge < -0.3 is 10.1 Å². The molecule has 4 rings (SSSR count).